The van der Waals surface area contributed by atoms with E-state index in [4.69, 9.17) is 4.42 Å². The van der Waals surface area contributed by atoms with Gasteiger partial charge in [0, 0.05) is 25.7 Å². The molecule has 0 unspecified atom stereocenters. The SMILES string of the molecule is Cc1ccc([C@H]2CCCCCN2C(=O)CCc2c(C)nn(C)c2C)o1. The topological polar surface area (TPSA) is 51.3 Å². The van der Waals surface area contributed by atoms with Crippen molar-refractivity contribution in [3.8, 4) is 0 Å². The van der Waals surface area contributed by atoms with E-state index in [1.54, 1.807) is 0 Å². The first-order valence-electron chi connectivity index (χ1n) is 9.32. The van der Waals surface area contributed by atoms with Crippen LogP contribution in [0.2, 0.25) is 0 Å². The fraction of sp³-hybridized carbons (Fsp3) is 0.600. The lowest BCUT2D eigenvalue weighted by molar-refractivity contribution is -0.134. The summed E-state index contributed by atoms with van der Waals surface area (Å²) in [7, 11) is 1.96. The maximum absolute atomic E-state index is 13.0. The van der Waals surface area contributed by atoms with E-state index in [1.807, 2.05) is 42.6 Å². The molecular weight excluding hydrogens is 314 g/mol. The highest BCUT2D eigenvalue weighted by Crippen LogP contribution is 2.32. The Kier molecular flexibility index (Phi) is 5.30. The van der Waals surface area contributed by atoms with Crippen molar-refractivity contribution in [2.45, 2.75) is 65.3 Å². The molecule has 1 aliphatic rings. The average molecular weight is 343 g/mol. The summed E-state index contributed by atoms with van der Waals surface area (Å²) < 4.78 is 7.75. The van der Waals surface area contributed by atoms with Crippen LogP contribution < -0.4 is 0 Å². The lowest BCUT2D eigenvalue weighted by atomic mass is 10.0. The number of aryl methyl sites for hydroxylation is 3. The zero-order valence-corrected chi connectivity index (χ0v) is 15.8. The van der Waals surface area contributed by atoms with Gasteiger partial charge in [-0.15, -0.1) is 0 Å². The number of aromatic nitrogens is 2. The minimum Gasteiger partial charge on any atom is -0.464 e. The molecule has 2 aromatic rings. The number of furan rings is 1. The second-order valence-corrected chi connectivity index (χ2v) is 7.17. The van der Waals surface area contributed by atoms with Crippen molar-refractivity contribution < 1.29 is 9.21 Å². The van der Waals surface area contributed by atoms with Gasteiger partial charge in [0.05, 0.1) is 11.7 Å². The Morgan fingerprint density at radius 1 is 1.24 bits per heavy atom. The molecular formula is C20H29N3O2. The molecule has 0 aromatic carbocycles. The first-order chi connectivity index (χ1) is 12.0. The van der Waals surface area contributed by atoms with Gasteiger partial charge in [-0.3, -0.25) is 9.48 Å². The molecule has 0 aliphatic carbocycles. The monoisotopic (exact) mass is 343 g/mol. The summed E-state index contributed by atoms with van der Waals surface area (Å²) >= 11 is 0. The third-order valence-corrected chi connectivity index (χ3v) is 5.41. The zero-order chi connectivity index (χ0) is 18.0. The van der Waals surface area contributed by atoms with Crippen LogP contribution in [0.3, 0.4) is 0 Å². The molecule has 0 bridgehead atoms. The molecule has 1 saturated heterocycles. The summed E-state index contributed by atoms with van der Waals surface area (Å²) in [6.45, 7) is 6.88. The summed E-state index contributed by atoms with van der Waals surface area (Å²) in [6, 6.07) is 4.10. The number of carbonyl (C=O) groups excluding carboxylic acids is 1. The van der Waals surface area contributed by atoms with Gasteiger partial charge in [0.25, 0.3) is 0 Å². The minimum atomic E-state index is 0.0831. The molecule has 1 amide bonds. The fourth-order valence-electron chi connectivity index (χ4n) is 3.89. The Balaban J connectivity index is 1.73. The second-order valence-electron chi connectivity index (χ2n) is 7.17. The third kappa shape index (κ3) is 3.80. The minimum absolute atomic E-state index is 0.0831. The summed E-state index contributed by atoms with van der Waals surface area (Å²) in [6.07, 6.45) is 5.68. The van der Waals surface area contributed by atoms with Crippen molar-refractivity contribution in [2.24, 2.45) is 7.05 Å². The maximum Gasteiger partial charge on any atom is 0.223 e. The Bertz CT molecular complexity index is 744. The largest absolute Gasteiger partial charge is 0.464 e. The Hall–Kier alpha value is -2.04. The molecule has 25 heavy (non-hydrogen) atoms. The van der Waals surface area contributed by atoms with Gasteiger partial charge in [0.1, 0.15) is 11.5 Å². The molecule has 0 N–H and O–H groups in total. The summed E-state index contributed by atoms with van der Waals surface area (Å²) in [5.74, 6) is 2.07. The number of nitrogens with zero attached hydrogens (tertiary/aromatic N) is 3. The van der Waals surface area contributed by atoms with Gasteiger partial charge in [0.15, 0.2) is 0 Å². The molecule has 1 fully saturated rings. The van der Waals surface area contributed by atoms with Gasteiger partial charge in [-0.25, -0.2) is 0 Å². The van der Waals surface area contributed by atoms with E-state index >= 15 is 0 Å². The van der Waals surface area contributed by atoms with Crippen LogP contribution >= 0.6 is 0 Å². The summed E-state index contributed by atoms with van der Waals surface area (Å²) in [5, 5.41) is 4.46. The number of hydrogen-bond donors (Lipinski definition) is 0. The van der Waals surface area contributed by atoms with E-state index in [0.717, 1.165) is 55.1 Å². The third-order valence-electron chi connectivity index (χ3n) is 5.41. The average Bonchev–Trinajstić information content (AvgIpc) is 2.99. The van der Waals surface area contributed by atoms with Crippen LogP contribution in [0.1, 0.15) is 66.6 Å². The molecule has 136 valence electrons. The van der Waals surface area contributed by atoms with E-state index < -0.39 is 0 Å². The van der Waals surface area contributed by atoms with Crippen LogP contribution in [0.25, 0.3) is 0 Å². The highest BCUT2D eigenvalue weighted by atomic mass is 16.3. The molecule has 5 nitrogen and oxygen atoms in total. The number of likely N-dealkylation sites (tertiary alicyclic amines) is 1. The molecule has 3 rings (SSSR count). The van der Waals surface area contributed by atoms with Crippen LogP contribution in [-0.4, -0.2) is 27.1 Å². The van der Waals surface area contributed by atoms with Gasteiger partial charge in [-0.05, 0) is 57.7 Å². The normalized spacial score (nSPS) is 18.4. The molecule has 0 spiro atoms. The maximum atomic E-state index is 13.0. The summed E-state index contributed by atoms with van der Waals surface area (Å²) in [4.78, 5) is 15.0. The molecule has 0 saturated carbocycles. The van der Waals surface area contributed by atoms with Crippen LogP contribution in [0.5, 0.6) is 0 Å². The van der Waals surface area contributed by atoms with Crippen molar-refractivity contribution in [1.29, 1.82) is 0 Å². The van der Waals surface area contributed by atoms with Crippen molar-refractivity contribution in [2.75, 3.05) is 6.54 Å². The highest BCUT2D eigenvalue weighted by Gasteiger charge is 2.28. The molecule has 2 aromatic heterocycles. The quantitative estimate of drug-likeness (QED) is 0.842. The van der Waals surface area contributed by atoms with E-state index in [1.165, 1.54) is 12.0 Å². The van der Waals surface area contributed by atoms with Crippen molar-refractivity contribution >= 4 is 5.91 Å². The first kappa shape index (κ1) is 17.8. The molecule has 5 heteroatoms. The van der Waals surface area contributed by atoms with E-state index in [9.17, 15) is 4.79 Å². The lowest BCUT2D eigenvalue weighted by Crippen LogP contribution is -2.34. The predicted octanol–water partition coefficient (Wildman–Crippen LogP) is 4.01. The summed E-state index contributed by atoms with van der Waals surface area (Å²) in [5.41, 5.74) is 3.39. The van der Waals surface area contributed by atoms with Crippen LogP contribution in [0.15, 0.2) is 16.5 Å². The number of rotatable bonds is 4. The van der Waals surface area contributed by atoms with Crippen molar-refractivity contribution in [1.82, 2.24) is 14.7 Å². The fourth-order valence-corrected chi connectivity index (χ4v) is 3.89. The van der Waals surface area contributed by atoms with Crippen molar-refractivity contribution in [3.05, 3.63) is 40.6 Å². The molecule has 1 atom stereocenters. The van der Waals surface area contributed by atoms with Gasteiger partial charge >= 0.3 is 0 Å². The Morgan fingerprint density at radius 2 is 2.04 bits per heavy atom. The molecule has 0 radical (unpaired) electrons. The molecule has 3 heterocycles. The highest BCUT2D eigenvalue weighted by molar-refractivity contribution is 5.77. The number of carbonyl (C=O) groups is 1. The molecule has 1 aliphatic heterocycles. The Labute approximate surface area is 150 Å². The lowest BCUT2D eigenvalue weighted by Gasteiger charge is -2.29. The second kappa shape index (κ2) is 7.46. The first-order valence-corrected chi connectivity index (χ1v) is 9.32. The standard InChI is InChI=1S/C20H29N3O2/c1-14-9-11-19(25-14)18-8-6-5-7-13-23(18)20(24)12-10-17-15(2)21-22(4)16(17)3/h9,11,18H,5-8,10,12-13H2,1-4H3/t18-/m1/s1. The Morgan fingerprint density at radius 3 is 2.68 bits per heavy atom. The van der Waals surface area contributed by atoms with Crippen LogP contribution in [0.4, 0.5) is 0 Å². The number of hydrogen-bond acceptors (Lipinski definition) is 3. The van der Waals surface area contributed by atoms with Crippen molar-refractivity contribution in [3.63, 3.8) is 0 Å². The van der Waals surface area contributed by atoms with Gasteiger partial charge < -0.3 is 9.32 Å². The van der Waals surface area contributed by atoms with E-state index in [2.05, 4.69) is 12.0 Å². The van der Waals surface area contributed by atoms with Gasteiger partial charge in [0.2, 0.25) is 5.91 Å². The van der Waals surface area contributed by atoms with Crippen LogP contribution in [0, 0.1) is 20.8 Å². The van der Waals surface area contributed by atoms with E-state index in [0.29, 0.717) is 6.42 Å². The number of amides is 1. The van der Waals surface area contributed by atoms with E-state index in [-0.39, 0.29) is 11.9 Å². The smallest absolute Gasteiger partial charge is 0.223 e. The zero-order valence-electron chi connectivity index (χ0n) is 15.8. The van der Waals surface area contributed by atoms with Crippen LogP contribution in [-0.2, 0) is 18.3 Å². The van der Waals surface area contributed by atoms with Gasteiger partial charge in [-0.1, -0.05) is 12.8 Å². The predicted molar refractivity (Wildman–Crippen MR) is 97.4 cm³/mol. The van der Waals surface area contributed by atoms with Gasteiger partial charge in [-0.2, -0.15) is 5.10 Å².